The molecule has 0 amide bonds. The van der Waals surface area contributed by atoms with Gasteiger partial charge in [0, 0.05) is 22.7 Å². The van der Waals surface area contributed by atoms with Gasteiger partial charge in [-0.3, -0.25) is 0 Å². The van der Waals surface area contributed by atoms with E-state index in [9.17, 15) is 0 Å². The molecule has 0 aliphatic carbocycles. The molecule has 0 N–H and O–H groups in total. The Labute approximate surface area is 105 Å². The maximum absolute atomic E-state index is 5.53. The Balaban J connectivity index is 2.40. The van der Waals surface area contributed by atoms with Crippen LogP contribution in [0.5, 0.6) is 11.5 Å². The van der Waals surface area contributed by atoms with E-state index in [0.717, 1.165) is 28.1 Å². The predicted molar refractivity (Wildman–Crippen MR) is 68.1 cm³/mol. The summed E-state index contributed by atoms with van der Waals surface area (Å²) in [6, 6.07) is 3.86. The van der Waals surface area contributed by atoms with Gasteiger partial charge >= 0.3 is 0 Å². The van der Waals surface area contributed by atoms with E-state index in [1.807, 2.05) is 19.1 Å². The van der Waals surface area contributed by atoms with Crippen LogP contribution in [-0.2, 0) is 18.0 Å². The molecule has 1 aromatic heterocycles. The fourth-order valence-electron chi connectivity index (χ4n) is 2.43. The van der Waals surface area contributed by atoms with Crippen LogP contribution in [0.4, 0.5) is 0 Å². The highest BCUT2D eigenvalue weighted by Crippen LogP contribution is 2.36. The largest absolute Gasteiger partial charge is 0.497 e. The van der Waals surface area contributed by atoms with Crippen LogP contribution in [-0.4, -0.2) is 19.2 Å². The van der Waals surface area contributed by atoms with Crippen LogP contribution >= 0.6 is 0 Å². The average molecular weight is 245 g/mol. The molecule has 4 heteroatoms. The van der Waals surface area contributed by atoms with Crippen molar-refractivity contribution in [3.05, 3.63) is 29.0 Å². The fourth-order valence-corrected chi connectivity index (χ4v) is 2.43. The highest BCUT2D eigenvalue weighted by molar-refractivity contribution is 5.90. The van der Waals surface area contributed by atoms with Gasteiger partial charge in [-0.05, 0) is 18.6 Å². The van der Waals surface area contributed by atoms with Crippen molar-refractivity contribution in [2.75, 3.05) is 14.2 Å². The summed E-state index contributed by atoms with van der Waals surface area (Å²) in [6.45, 7) is 3.28. The van der Waals surface area contributed by atoms with E-state index in [2.05, 4.69) is 4.98 Å². The van der Waals surface area contributed by atoms with E-state index in [4.69, 9.17) is 14.2 Å². The van der Waals surface area contributed by atoms with Gasteiger partial charge in [0.15, 0.2) is 0 Å². The van der Waals surface area contributed by atoms with E-state index in [1.165, 1.54) is 11.1 Å². The zero-order chi connectivity index (χ0) is 12.7. The lowest BCUT2D eigenvalue weighted by atomic mass is 10.0. The number of fused-ring (bicyclic) bond motifs is 3. The Bertz CT molecular complexity index is 622. The first-order valence-electron chi connectivity index (χ1n) is 5.86. The first-order chi connectivity index (χ1) is 8.74. The van der Waals surface area contributed by atoms with Gasteiger partial charge in [0.25, 0.3) is 0 Å². The van der Waals surface area contributed by atoms with Crippen LogP contribution in [0.2, 0.25) is 0 Å². The van der Waals surface area contributed by atoms with Crippen molar-refractivity contribution < 1.29 is 14.2 Å². The van der Waals surface area contributed by atoms with Crippen molar-refractivity contribution in [3.63, 3.8) is 0 Å². The van der Waals surface area contributed by atoms with Crippen molar-refractivity contribution in [3.8, 4) is 11.5 Å². The molecule has 0 radical (unpaired) electrons. The first-order valence-corrected chi connectivity index (χ1v) is 5.86. The minimum Gasteiger partial charge on any atom is -0.497 e. The third kappa shape index (κ3) is 1.53. The molecule has 0 saturated carbocycles. The minimum absolute atomic E-state index is 0.630. The number of hydrogen-bond acceptors (Lipinski definition) is 4. The molecule has 3 rings (SSSR count). The molecule has 0 fully saturated rings. The van der Waals surface area contributed by atoms with Gasteiger partial charge in [-0.1, -0.05) is 0 Å². The Kier molecular flexibility index (Phi) is 2.59. The zero-order valence-electron chi connectivity index (χ0n) is 10.7. The number of aryl methyl sites for hydroxylation is 1. The quantitative estimate of drug-likeness (QED) is 0.815. The third-order valence-corrected chi connectivity index (χ3v) is 3.40. The second kappa shape index (κ2) is 4.14. The van der Waals surface area contributed by atoms with Crippen LogP contribution < -0.4 is 9.47 Å². The minimum atomic E-state index is 0.630. The van der Waals surface area contributed by atoms with Crippen LogP contribution in [0.3, 0.4) is 0 Å². The van der Waals surface area contributed by atoms with Crippen molar-refractivity contribution >= 4 is 10.9 Å². The Morgan fingerprint density at radius 1 is 1.11 bits per heavy atom. The summed E-state index contributed by atoms with van der Waals surface area (Å²) in [5.74, 6) is 1.52. The van der Waals surface area contributed by atoms with Crippen molar-refractivity contribution in [2.24, 2.45) is 0 Å². The first kappa shape index (κ1) is 11.3. The smallest absolute Gasteiger partial charge is 0.148 e. The molecule has 0 saturated heterocycles. The van der Waals surface area contributed by atoms with E-state index in [1.54, 1.807) is 14.2 Å². The van der Waals surface area contributed by atoms with Crippen molar-refractivity contribution in [1.29, 1.82) is 0 Å². The molecule has 1 aliphatic rings. The maximum atomic E-state index is 5.53. The molecule has 2 heterocycles. The van der Waals surface area contributed by atoms with Crippen LogP contribution in [0.1, 0.15) is 16.8 Å². The summed E-state index contributed by atoms with van der Waals surface area (Å²) in [6.07, 6.45) is 0. The molecule has 0 spiro atoms. The van der Waals surface area contributed by atoms with E-state index >= 15 is 0 Å². The number of methoxy groups -OCH3 is 2. The predicted octanol–water partition coefficient (Wildman–Crippen LogP) is 2.59. The van der Waals surface area contributed by atoms with E-state index in [0.29, 0.717) is 13.2 Å². The summed E-state index contributed by atoms with van der Waals surface area (Å²) in [5, 5.41) is 1.06. The number of pyridine rings is 1. The number of benzene rings is 1. The second-order valence-electron chi connectivity index (χ2n) is 4.37. The zero-order valence-corrected chi connectivity index (χ0v) is 10.7. The molecule has 94 valence electrons. The number of nitrogens with zero attached hydrogens (tertiary/aromatic N) is 1. The monoisotopic (exact) mass is 245 g/mol. The average Bonchev–Trinajstić information content (AvgIpc) is 2.88. The number of rotatable bonds is 2. The van der Waals surface area contributed by atoms with E-state index < -0.39 is 0 Å². The molecule has 0 bridgehead atoms. The second-order valence-corrected chi connectivity index (χ2v) is 4.37. The number of aromatic nitrogens is 1. The molecular formula is C14H15NO3. The maximum Gasteiger partial charge on any atom is 0.148 e. The van der Waals surface area contributed by atoms with Gasteiger partial charge in [-0.2, -0.15) is 0 Å². The standard InChI is InChI=1S/C14H15NO3/c1-8-11-6-18-7-12(11)10-4-9(16-2)5-13(17-3)14(10)15-8/h4-5H,6-7H2,1-3H3. The highest BCUT2D eigenvalue weighted by Gasteiger charge is 2.20. The lowest BCUT2D eigenvalue weighted by molar-refractivity contribution is 0.134. The van der Waals surface area contributed by atoms with Gasteiger partial charge in [0.2, 0.25) is 0 Å². The van der Waals surface area contributed by atoms with Gasteiger partial charge < -0.3 is 14.2 Å². The molecule has 0 unspecified atom stereocenters. The topological polar surface area (TPSA) is 40.6 Å². The van der Waals surface area contributed by atoms with Crippen LogP contribution in [0, 0.1) is 6.92 Å². The van der Waals surface area contributed by atoms with Gasteiger partial charge in [-0.25, -0.2) is 4.98 Å². The lowest BCUT2D eigenvalue weighted by Gasteiger charge is -2.12. The van der Waals surface area contributed by atoms with Crippen molar-refractivity contribution in [1.82, 2.24) is 4.98 Å². The van der Waals surface area contributed by atoms with E-state index in [-0.39, 0.29) is 0 Å². The fraction of sp³-hybridized carbons (Fsp3) is 0.357. The van der Waals surface area contributed by atoms with Gasteiger partial charge in [-0.15, -0.1) is 0 Å². The Morgan fingerprint density at radius 3 is 2.61 bits per heavy atom. The summed E-state index contributed by atoms with van der Waals surface area (Å²) >= 11 is 0. The molecule has 1 aliphatic heterocycles. The molecule has 4 nitrogen and oxygen atoms in total. The SMILES string of the molecule is COc1cc(OC)c2nc(C)c3c(c2c1)COC3. The number of hydrogen-bond donors (Lipinski definition) is 0. The number of ether oxygens (including phenoxy) is 3. The van der Waals surface area contributed by atoms with Crippen LogP contribution in [0.15, 0.2) is 12.1 Å². The lowest BCUT2D eigenvalue weighted by Crippen LogP contribution is -1.98. The molecular weight excluding hydrogens is 230 g/mol. The Hall–Kier alpha value is -1.81. The summed E-state index contributed by atoms with van der Waals surface area (Å²) in [7, 11) is 3.30. The summed E-state index contributed by atoms with van der Waals surface area (Å²) in [4.78, 5) is 4.63. The summed E-state index contributed by atoms with van der Waals surface area (Å²) in [5.41, 5.74) is 4.28. The van der Waals surface area contributed by atoms with Crippen LogP contribution in [0.25, 0.3) is 10.9 Å². The highest BCUT2D eigenvalue weighted by atomic mass is 16.5. The molecule has 0 atom stereocenters. The van der Waals surface area contributed by atoms with Crippen molar-refractivity contribution in [2.45, 2.75) is 20.1 Å². The van der Waals surface area contributed by atoms with Gasteiger partial charge in [0.1, 0.15) is 17.0 Å². The van der Waals surface area contributed by atoms with Gasteiger partial charge in [0.05, 0.1) is 27.4 Å². The molecule has 1 aromatic carbocycles. The summed E-state index contributed by atoms with van der Waals surface area (Å²) < 4.78 is 16.2. The normalized spacial score (nSPS) is 13.7. The Morgan fingerprint density at radius 2 is 1.89 bits per heavy atom. The third-order valence-electron chi connectivity index (χ3n) is 3.40. The molecule has 2 aromatic rings. The molecule has 18 heavy (non-hydrogen) atoms.